The zero-order valence-corrected chi connectivity index (χ0v) is 13.6. The molecule has 0 N–H and O–H groups in total. The van der Waals surface area contributed by atoms with Gasteiger partial charge in [-0.1, -0.05) is 50.0 Å². The molecule has 0 bridgehead atoms. The lowest BCUT2D eigenvalue weighted by Gasteiger charge is -2.39. The lowest BCUT2D eigenvalue weighted by molar-refractivity contribution is -0.139. The lowest BCUT2D eigenvalue weighted by Crippen LogP contribution is -2.51. The summed E-state index contributed by atoms with van der Waals surface area (Å²) in [5.41, 5.74) is 0.623. The SMILES string of the molecule is CC(C)(C)C(=O)N1CCN(c2cccc(Cl)c2Cl)CC1. The number of carbonyl (C=O) groups is 1. The Morgan fingerprint density at radius 3 is 2.25 bits per heavy atom. The average Bonchev–Trinajstić information content (AvgIpc) is 2.40. The van der Waals surface area contributed by atoms with Gasteiger partial charge in [0.2, 0.25) is 5.91 Å². The van der Waals surface area contributed by atoms with Gasteiger partial charge in [-0.2, -0.15) is 0 Å². The minimum Gasteiger partial charge on any atom is -0.367 e. The van der Waals surface area contributed by atoms with E-state index in [0.29, 0.717) is 10.0 Å². The summed E-state index contributed by atoms with van der Waals surface area (Å²) < 4.78 is 0. The van der Waals surface area contributed by atoms with Crippen molar-refractivity contribution in [2.24, 2.45) is 5.41 Å². The summed E-state index contributed by atoms with van der Waals surface area (Å²) in [4.78, 5) is 16.4. The summed E-state index contributed by atoms with van der Waals surface area (Å²) in [6, 6.07) is 5.65. The molecule has 5 heteroatoms. The van der Waals surface area contributed by atoms with E-state index in [0.717, 1.165) is 31.9 Å². The van der Waals surface area contributed by atoms with Crippen molar-refractivity contribution in [3.8, 4) is 0 Å². The molecule has 0 saturated carbocycles. The topological polar surface area (TPSA) is 23.6 Å². The third-order valence-electron chi connectivity index (χ3n) is 3.48. The molecule has 0 unspecified atom stereocenters. The Hall–Kier alpha value is -0.930. The van der Waals surface area contributed by atoms with Crippen molar-refractivity contribution in [2.75, 3.05) is 31.1 Å². The number of hydrogen-bond donors (Lipinski definition) is 0. The van der Waals surface area contributed by atoms with Crippen LogP contribution in [0.1, 0.15) is 20.8 Å². The summed E-state index contributed by atoms with van der Waals surface area (Å²) in [6.45, 7) is 8.86. The Labute approximate surface area is 130 Å². The normalized spacial score (nSPS) is 16.4. The predicted octanol–water partition coefficient (Wildman–Crippen LogP) is 3.69. The van der Waals surface area contributed by atoms with Crippen LogP contribution in [0.5, 0.6) is 0 Å². The van der Waals surface area contributed by atoms with E-state index in [9.17, 15) is 4.79 Å². The summed E-state index contributed by atoms with van der Waals surface area (Å²) in [5.74, 6) is 0.203. The first-order valence-electron chi connectivity index (χ1n) is 6.79. The van der Waals surface area contributed by atoms with Crippen LogP contribution in [-0.4, -0.2) is 37.0 Å². The molecule has 1 fully saturated rings. The van der Waals surface area contributed by atoms with E-state index in [2.05, 4.69) is 4.90 Å². The Balaban J connectivity index is 2.05. The molecule has 1 aromatic carbocycles. The van der Waals surface area contributed by atoms with E-state index < -0.39 is 0 Å². The van der Waals surface area contributed by atoms with E-state index in [1.54, 1.807) is 6.07 Å². The summed E-state index contributed by atoms with van der Waals surface area (Å²) >= 11 is 12.3. The molecule has 0 aliphatic carbocycles. The smallest absolute Gasteiger partial charge is 0.228 e. The molecule has 1 saturated heterocycles. The van der Waals surface area contributed by atoms with Crippen LogP contribution in [0.2, 0.25) is 10.0 Å². The van der Waals surface area contributed by atoms with Gasteiger partial charge in [0.15, 0.2) is 0 Å². The van der Waals surface area contributed by atoms with Crippen LogP contribution >= 0.6 is 23.2 Å². The highest BCUT2D eigenvalue weighted by Gasteiger charge is 2.30. The van der Waals surface area contributed by atoms with Gasteiger partial charge in [0.25, 0.3) is 0 Å². The van der Waals surface area contributed by atoms with E-state index in [4.69, 9.17) is 23.2 Å². The number of anilines is 1. The van der Waals surface area contributed by atoms with E-state index in [-0.39, 0.29) is 11.3 Å². The van der Waals surface area contributed by atoms with E-state index in [1.165, 1.54) is 0 Å². The minimum atomic E-state index is -0.324. The van der Waals surface area contributed by atoms with Gasteiger partial charge in [-0.15, -0.1) is 0 Å². The summed E-state index contributed by atoms with van der Waals surface area (Å²) in [7, 11) is 0. The Kier molecular flexibility index (Phi) is 4.50. The second-order valence-electron chi connectivity index (χ2n) is 6.10. The van der Waals surface area contributed by atoms with Crippen LogP contribution < -0.4 is 4.90 Å². The largest absolute Gasteiger partial charge is 0.367 e. The fraction of sp³-hybridized carbons (Fsp3) is 0.533. The number of piperazine rings is 1. The molecule has 0 aromatic heterocycles. The quantitative estimate of drug-likeness (QED) is 0.789. The van der Waals surface area contributed by atoms with Gasteiger partial charge in [-0.25, -0.2) is 0 Å². The van der Waals surface area contributed by atoms with Crippen LogP contribution in [0, 0.1) is 5.41 Å². The van der Waals surface area contributed by atoms with Crippen molar-refractivity contribution < 1.29 is 4.79 Å². The second kappa shape index (κ2) is 5.82. The van der Waals surface area contributed by atoms with Gasteiger partial charge >= 0.3 is 0 Å². The first kappa shape index (κ1) is 15.5. The van der Waals surface area contributed by atoms with Gasteiger partial charge in [-0.3, -0.25) is 4.79 Å². The summed E-state index contributed by atoms with van der Waals surface area (Å²) in [5, 5.41) is 1.15. The van der Waals surface area contributed by atoms with Gasteiger partial charge < -0.3 is 9.80 Å². The Morgan fingerprint density at radius 1 is 1.10 bits per heavy atom. The number of amides is 1. The number of halogens is 2. The molecular weight excluding hydrogens is 295 g/mol. The van der Waals surface area contributed by atoms with Crippen molar-refractivity contribution in [1.82, 2.24) is 4.90 Å². The first-order valence-corrected chi connectivity index (χ1v) is 7.54. The molecular formula is C15H20Cl2N2O. The maximum absolute atomic E-state index is 12.2. The van der Waals surface area contributed by atoms with Gasteiger partial charge in [0.1, 0.15) is 0 Å². The fourth-order valence-electron chi connectivity index (χ4n) is 2.36. The van der Waals surface area contributed by atoms with E-state index >= 15 is 0 Å². The van der Waals surface area contributed by atoms with Crippen LogP contribution in [0.3, 0.4) is 0 Å². The second-order valence-corrected chi connectivity index (χ2v) is 6.89. The molecule has 2 rings (SSSR count). The van der Waals surface area contributed by atoms with Crippen LogP contribution in [0.4, 0.5) is 5.69 Å². The van der Waals surface area contributed by atoms with Crippen molar-refractivity contribution >= 4 is 34.8 Å². The molecule has 1 heterocycles. The standard InChI is InChI=1S/C15H20Cl2N2O/c1-15(2,3)14(20)19-9-7-18(8-10-19)12-6-4-5-11(16)13(12)17/h4-6H,7-10H2,1-3H3. The first-order chi connectivity index (χ1) is 9.30. The number of rotatable bonds is 1. The maximum Gasteiger partial charge on any atom is 0.228 e. The fourth-order valence-corrected chi connectivity index (χ4v) is 2.78. The van der Waals surface area contributed by atoms with Crippen molar-refractivity contribution in [1.29, 1.82) is 0 Å². The van der Waals surface area contributed by atoms with Gasteiger partial charge in [0, 0.05) is 31.6 Å². The number of benzene rings is 1. The molecule has 0 atom stereocenters. The molecule has 20 heavy (non-hydrogen) atoms. The maximum atomic E-state index is 12.2. The predicted molar refractivity (Wildman–Crippen MR) is 84.7 cm³/mol. The molecule has 0 spiro atoms. The minimum absolute atomic E-state index is 0.203. The molecule has 110 valence electrons. The third-order valence-corrected chi connectivity index (χ3v) is 4.29. The average molecular weight is 315 g/mol. The number of hydrogen-bond acceptors (Lipinski definition) is 2. The lowest BCUT2D eigenvalue weighted by atomic mass is 9.94. The molecule has 1 aliphatic heterocycles. The molecule has 1 amide bonds. The molecule has 1 aromatic rings. The Morgan fingerprint density at radius 2 is 1.70 bits per heavy atom. The van der Waals surface area contributed by atoms with Crippen LogP contribution in [-0.2, 0) is 4.79 Å². The van der Waals surface area contributed by atoms with Gasteiger partial charge in [0.05, 0.1) is 15.7 Å². The molecule has 0 radical (unpaired) electrons. The highest BCUT2D eigenvalue weighted by molar-refractivity contribution is 6.43. The van der Waals surface area contributed by atoms with Crippen LogP contribution in [0.25, 0.3) is 0 Å². The molecule has 1 aliphatic rings. The summed E-state index contributed by atoms with van der Waals surface area (Å²) in [6.07, 6.45) is 0. The number of carbonyl (C=O) groups excluding carboxylic acids is 1. The van der Waals surface area contributed by atoms with Crippen LogP contribution in [0.15, 0.2) is 18.2 Å². The highest BCUT2D eigenvalue weighted by Crippen LogP contribution is 2.33. The highest BCUT2D eigenvalue weighted by atomic mass is 35.5. The monoisotopic (exact) mass is 314 g/mol. The third kappa shape index (κ3) is 3.21. The molecule has 3 nitrogen and oxygen atoms in total. The Bertz CT molecular complexity index is 503. The van der Waals surface area contributed by atoms with E-state index in [1.807, 2.05) is 37.8 Å². The zero-order chi connectivity index (χ0) is 14.9. The van der Waals surface area contributed by atoms with Crippen molar-refractivity contribution in [3.05, 3.63) is 28.2 Å². The number of nitrogens with zero attached hydrogens (tertiary/aromatic N) is 2. The van der Waals surface area contributed by atoms with Gasteiger partial charge in [-0.05, 0) is 12.1 Å². The van der Waals surface area contributed by atoms with Crippen molar-refractivity contribution in [3.63, 3.8) is 0 Å². The zero-order valence-electron chi connectivity index (χ0n) is 12.1. The van der Waals surface area contributed by atoms with Crippen molar-refractivity contribution in [2.45, 2.75) is 20.8 Å².